The number of hydrogen-bond acceptors (Lipinski definition) is 4. The Kier molecular flexibility index (Phi) is 6.27. The Hall–Kier alpha value is -1.92. The van der Waals surface area contributed by atoms with E-state index in [1.54, 1.807) is 9.80 Å². The molecule has 2 aromatic carbocycles. The van der Waals surface area contributed by atoms with E-state index >= 15 is 0 Å². The molecule has 0 aliphatic carbocycles. The summed E-state index contributed by atoms with van der Waals surface area (Å²) in [5.74, 6) is -0.00697. The molecule has 0 unspecified atom stereocenters. The van der Waals surface area contributed by atoms with Crippen molar-refractivity contribution >= 4 is 35.3 Å². The van der Waals surface area contributed by atoms with Crippen LogP contribution in [0.1, 0.15) is 11.1 Å². The SMILES string of the molecule is CS[C@H]1C(=O)N(Cc2ccccc2)[C@@H](SC)C(=O)N1Cc1ccccc1. The fraction of sp³-hybridized carbons (Fsp3) is 0.300. The average Bonchev–Trinajstić information content (AvgIpc) is 2.68. The smallest absolute Gasteiger partial charge is 0.257 e. The summed E-state index contributed by atoms with van der Waals surface area (Å²) in [5, 5.41) is -0.982. The second-order valence-corrected chi connectivity index (χ2v) is 7.92. The van der Waals surface area contributed by atoms with E-state index in [9.17, 15) is 9.59 Å². The van der Waals surface area contributed by atoms with E-state index < -0.39 is 10.7 Å². The highest BCUT2D eigenvalue weighted by Gasteiger charge is 2.45. The molecule has 2 amide bonds. The van der Waals surface area contributed by atoms with Gasteiger partial charge in [0.05, 0.1) is 0 Å². The van der Waals surface area contributed by atoms with Gasteiger partial charge in [-0.1, -0.05) is 60.7 Å². The topological polar surface area (TPSA) is 40.6 Å². The number of benzene rings is 2. The van der Waals surface area contributed by atoms with E-state index in [2.05, 4.69) is 0 Å². The molecule has 1 aliphatic rings. The minimum atomic E-state index is -0.491. The summed E-state index contributed by atoms with van der Waals surface area (Å²) in [5.41, 5.74) is 2.06. The molecule has 0 bridgehead atoms. The number of hydrogen-bond donors (Lipinski definition) is 0. The monoisotopic (exact) mass is 386 g/mol. The highest BCUT2D eigenvalue weighted by Crippen LogP contribution is 2.31. The van der Waals surface area contributed by atoms with Gasteiger partial charge in [-0.3, -0.25) is 9.59 Å². The van der Waals surface area contributed by atoms with Crippen LogP contribution in [0.2, 0.25) is 0 Å². The highest BCUT2D eigenvalue weighted by atomic mass is 32.2. The molecule has 0 aromatic heterocycles. The Morgan fingerprint density at radius 2 is 1.04 bits per heavy atom. The van der Waals surface area contributed by atoms with Crippen molar-refractivity contribution in [3.8, 4) is 0 Å². The second kappa shape index (κ2) is 8.64. The van der Waals surface area contributed by atoms with Gasteiger partial charge in [0.2, 0.25) is 0 Å². The maximum absolute atomic E-state index is 13.2. The summed E-state index contributed by atoms with van der Waals surface area (Å²) < 4.78 is 0. The molecular formula is C20H22N2O2S2. The molecule has 26 heavy (non-hydrogen) atoms. The van der Waals surface area contributed by atoms with E-state index in [-0.39, 0.29) is 11.8 Å². The van der Waals surface area contributed by atoms with Crippen LogP contribution in [0, 0.1) is 0 Å². The van der Waals surface area contributed by atoms with Gasteiger partial charge >= 0.3 is 0 Å². The van der Waals surface area contributed by atoms with Gasteiger partial charge in [0, 0.05) is 13.1 Å². The average molecular weight is 387 g/mol. The molecule has 6 heteroatoms. The van der Waals surface area contributed by atoms with Crippen LogP contribution < -0.4 is 0 Å². The lowest BCUT2D eigenvalue weighted by molar-refractivity contribution is -0.154. The third-order valence-corrected chi connectivity index (χ3v) is 6.20. The summed E-state index contributed by atoms with van der Waals surface area (Å²) in [7, 11) is 0. The van der Waals surface area contributed by atoms with Gasteiger partial charge in [0.25, 0.3) is 11.8 Å². The van der Waals surface area contributed by atoms with Gasteiger partial charge in [-0.05, 0) is 23.6 Å². The number of carbonyl (C=O) groups is 2. The third-order valence-electron chi connectivity index (χ3n) is 4.39. The van der Waals surface area contributed by atoms with Gasteiger partial charge in [-0.15, -0.1) is 23.5 Å². The van der Waals surface area contributed by atoms with Crippen molar-refractivity contribution in [3.63, 3.8) is 0 Å². The molecule has 136 valence electrons. The van der Waals surface area contributed by atoms with Crippen LogP contribution in [0.5, 0.6) is 0 Å². The second-order valence-electron chi connectivity index (χ2n) is 6.08. The summed E-state index contributed by atoms with van der Waals surface area (Å²) in [6.45, 7) is 0.903. The van der Waals surface area contributed by atoms with Crippen LogP contribution in [0.3, 0.4) is 0 Å². The van der Waals surface area contributed by atoms with Gasteiger partial charge < -0.3 is 9.80 Å². The molecule has 0 N–H and O–H groups in total. The Balaban J connectivity index is 1.87. The molecule has 3 rings (SSSR count). The number of rotatable bonds is 6. The largest absolute Gasteiger partial charge is 0.315 e. The van der Waals surface area contributed by atoms with E-state index in [4.69, 9.17) is 0 Å². The molecule has 0 spiro atoms. The molecule has 2 atom stereocenters. The van der Waals surface area contributed by atoms with Crippen molar-refractivity contribution in [2.75, 3.05) is 12.5 Å². The summed E-state index contributed by atoms with van der Waals surface area (Å²) >= 11 is 2.83. The summed E-state index contributed by atoms with van der Waals surface area (Å²) in [4.78, 5) is 29.8. The lowest BCUT2D eigenvalue weighted by Gasteiger charge is -2.43. The lowest BCUT2D eigenvalue weighted by atomic mass is 10.1. The zero-order valence-corrected chi connectivity index (χ0v) is 16.5. The predicted molar refractivity (Wildman–Crippen MR) is 109 cm³/mol. The van der Waals surface area contributed by atoms with Gasteiger partial charge in [0.1, 0.15) is 0 Å². The Morgan fingerprint density at radius 1 is 0.692 bits per heavy atom. The highest BCUT2D eigenvalue weighted by molar-refractivity contribution is 8.00. The quantitative estimate of drug-likeness (QED) is 0.763. The van der Waals surface area contributed by atoms with E-state index in [0.29, 0.717) is 13.1 Å². The first-order chi connectivity index (χ1) is 12.7. The van der Waals surface area contributed by atoms with Gasteiger partial charge in [-0.25, -0.2) is 0 Å². The number of amides is 2. The molecule has 1 fully saturated rings. The molecule has 0 saturated carbocycles. The Morgan fingerprint density at radius 3 is 1.35 bits per heavy atom. The maximum atomic E-state index is 13.2. The summed E-state index contributed by atoms with van der Waals surface area (Å²) in [6.07, 6.45) is 3.77. The van der Waals surface area contributed by atoms with Crippen LogP contribution >= 0.6 is 23.5 Å². The number of piperazine rings is 1. The number of nitrogens with zero attached hydrogens (tertiary/aromatic N) is 2. The molecule has 4 nitrogen and oxygen atoms in total. The third kappa shape index (κ3) is 3.91. The van der Waals surface area contributed by atoms with E-state index in [1.165, 1.54) is 23.5 Å². The van der Waals surface area contributed by atoms with Gasteiger partial charge in [0.15, 0.2) is 10.7 Å². The van der Waals surface area contributed by atoms with Crippen molar-refractivity contribution < 1.29 is 9.59 Å². The van der Waals surface area contributed by atoms with E-state index in [0.717, 1.165) is 11.1 Å². The molecule has 2 aromatic rings. The standard InChI is InChI=1S/C20H22N2O2S2/c1-25-19-17(23)22(14-16-11-7-4-8-12-16)20(26-2)18(24)21(19)13-15-9-5-3-6-10-15/h3-12,19-20H,13-14H2,1-2H3/t19-,20-/m0/s1. The molecule has 0 radical (unpaired) electrons. The van der Waals surface area contributed by atoms with Gasteiger partial charge in [-0.2, -0.15) is 0 Å². The molecule has 1 aliphatic heterocycles. The van der Waals surface area contributed by atoms with Crippen LogP contribution in [0.15, 0.2) is 60.7 Å². The molecule has 1 heterocycles. The minimum absolute atomic E-state index is 0.00349. The van der Waals surface area contributed by atoms with Crippen molar-refractivity contribution in [2.45, 2.75) is 23.8 Å². The first kappa shape index (κ1) is 18.9. The normalized spacial score (nSPS) is 20.5. The van der Waals surface area contributed by atoms with Crippen molar-refractivity contribution in [2.24, 2.45) is 0 Å². The molecular weight excluding hydrogens is 364 g/mol. The lowest BCUT2D eigenvalue weighted by Crippen LogP contribution is -2.61. The van der Waals surface area contributed by atoms with E-state index in [1.807, 2.05) is 73.2 Å². The van der Waals surface area contributed by atoms with Crippen LogP contribution in [0.4, 0.5) is 0 Å². The van der Waals surface area contributed by atoms with Crippen molar-refractivity contribution in [1.82, 2.24) is 9.80 Å². The number of thioether (sulfide) groups is 2. The maximum Gasteiger partial charge on any atom is 0.257 e. The first-order valence-electron chi connectivity index (χ1n) is 8.40. The van der Waals surface area contributed by atoms with Crippen molar-refractivity contribution in [3.05, 3.63) is 71.8 Å². The fourth-order valence-electron chi connectivity index (χ4n) is 3.12. The zero-order chi connectivity index (χ0) is 18.5. The van der Waals surface area contributed by atoms with Crippen LogP contribution in [-0.2, 0) is 22.7 Å². The number of carbonyl (C=O) groups excluding carboxylic acids is 2. The van der Waals surface area contributed by atoms with Crippen LogP contribution in [-0.4, -0.2) is 44.9 Å². The minimum Gasteiger partial charge on any atom is -0.315 e. The zero-order valence-electron chi connectivity index (χ0n) is 14.9. The summed E-state index contributed by atoms with van der Waals surface area (Å²) in [6, 6.07) is 19.6. The van der Waals surface area contributed by atoms with Crippen LogP contribution in [0.25, 0.3) is 0 Å². The molecule has 1 saturated heterocycles. The Bertz CT molecular complexity index is 689. The van der Waals surface area contributed by atoms with Crippen molar-refractivity contribution in [1.29, 1.82) is 0 Å². The fourth-order valence-corrected chi connectivity index (χ4v) is 4.66. The Labute approximate surface area is 162 Å². The predicted octanol–water partition coefficient (Wildman–Crippen LogP) is 3.44. The first-order valence-corrected chi connectivity index (χ1v) is 11.0.